The molecule has 40 heavy (non-hydrogen) atoms. The summed E-state index contributed by atoms with van der Waals surface area (Å²) >= 11 is 6.74. The molecule has 2 aliphatic carbocycles. The highest BCUT2D eigenvalue weighted by Crippen LogP contribution is 2.60. The Balaban J connectivity index is 1.78. The molecule has 0 saturated heterocycles. The molecule has 0 saturated carbocycles. The van der Waals surface area contributed by atoms with E-state index < -0.39 is 0 Å². The molecule has 0 nitrogen and oxygen atoms in total. The standard InChI is InChI=1S/C39H31Cl/c1-39(2)32-24-13-12-23-31(32)37-35(28-19-10-5-11-20-28)33(26-15-6-3-7-16-26)34(27-17-8-4-9-18-27)36(38(37)39)29-21-14-22-30(40)25-29/h3-13,15-20,22-25H,14,21H2,1-2H3. The number of hydrogen-bond donors (Lipinski definition) is 0. The Morgan fingerprint density at radius 3 is 1.57 bits per heavy atom. The van der Waals surface area contributed by atoms with Crippen LogP contribution in [-0.2, 0) is 5.41 Å². The third-order valence-electron chi connectivity index (χ3n) is 8.57. The lowest BCUT2D eigenvalue weighted by molar-refractivity contribution is 0.658. The van der Waals surface area contributed by atoms with Gasteiger partial charge in [-0.1, -0.05) is 147 Å². The quantitative estimate of drug-likeness (QED) is 0.215. The molecule has 0 amide bonds. The van der Waals surface area contributed by atoms with Gasteiger partial charge >= 0.3 is 0 Å². The first-order valence-electron chi connectivity index (χ1n) is 14.1. The molecule has 0 aromatic heterocycles. The average Bonchev–Trinajstić information content (AvgIpc) is 3.24. The van der Waals surface area contributed by atoms with E-state index in [1.807, 2.05) is 0 Å². The van der Waals surface area contributed by atoms with Crippen LogP contribution in [0.15, 0.2) is 132 Å². The summed E-state index contributed by atoms with van der Waals surface area (Å²) in [5.41, 5.74) is 15.5. The van der Waals surface area contributed by atoms with Gasteiger partial charge in [-0.25, -0.2) is 0 Å². The van der Waals surface area contributed by atoms with Gasteiger partial charge in [-0.05, 0) is 85.7 Å². The first-order chi connectivity index (χ1) is 19.6. The fourth-order valence-electron chi connectivity index (χ4n) is 6.89. The molecule has 0 bridgehead atoms. The maximum atomic E-state index is 6.74. The van der Waals surface area contributed by atoms with Gasteiger partial charge < -0.3 is 0 Å². The minimum atomic E-state index is -0.183. The number of fused-ring (bicyclic) bond motifs is 3. The first kappa shape index (κ1) is 24.9. The smallest absolute Gasteiger partial charge is 0.0369 e. The SMILES string of the molecule is CC1(C)c2ccccc2-c2c(-c3ccccc3)c(-c3ccccc3)c(-c3ccccc3)c(C3=CC(Cl)=CCC3)c21. The van der Waals surface area contributed by atoms with E-state index in [0.29, 0.717) is 0 Å². The van der Waals surface area contributed by atoms with Crippen molar-refractivity contribution in [3.63, 3.8) is 0 Å². The van der Waals surface area contributed by atoms with Crippen molar-refractivity contribution in [2.24, 2.45) is 0 Å². The third kappa shape index (κ3) is 3.90. The van der Waals surface area contributed by atoms with Crippen LogP contribution >= 0.6 is 11.6 Å². The van der Waals surface area contributed by atoms with E-state index in [1.54, 1.807) is 0 Å². The summed E-state index contributed by atoms with van der Waals surface area (Å²) in [6.07, 6.45) is 6.27. The highest BCUT2D eigenvalue weighted by molar-refractivity contribution is 6.32. The molecule has 2 aliphatic rings. The van der Waals surface area contributed by atoms with E-state index in [1.165, 1.54) is 66.8 Å². The van der Waals surface area contributed by atoms with Gasteiger partial charge in [0.05, 0.1) is 0 Å². The molecule has 0 aliphatic heterocycles. The van der Waals surface area contributed by atoms with Gasteiger partial charge in [0.2, 0.25) is 0 Å². The Hall–Kier alpha value is -4.13. The van der Waals surface area contributed by atoms with Crippen LogP contribution < -0.4 is 0 Å². The zero-order chi connectivity index (χ0) is 27.3. The predicted molar refractivity (Wildman–Crippen MR) is 171 cm³/mol. The first-order valence-corrected chi connectivity index (χ1v) is 14.5. The van der Waals surface area contributed by atoms with Crippen molar-refractivity contribution in [3.8, 4) is 44.5 Å². The summed E-state index contributed by atoms with van der Waals surface area (Å²) < 4.78 is 0. The summed E-state index contributed by atoms with van der Waals surface area (Å²) in [4.78, 5) is 0. The number of hydrogen-bond acceptors (Lipinski definition) is 0. The van der Waals surface area contributed by atoms with Crippen molar-refractivity contribution in [2.75, 3.05) is 0 Å². The summed E-state index contributed by atoms with van der Waals surface area (Å²) in [7, 11) is 0. The third-order valence-corrected chi connectivity index (χ3v) is 8.83. The second-order valence-corrected chi connectivity index (χ2v) is 11.8. The van der Waals surface area contributed by atoms with Crippen LogP contribution in [0.4, 0.5) is 0 Å². The van der Waals surface area contributed by atoms with Crippen LogP contribution in [0.3, 0.4) is 0 Å². The van der Waals surface area contributed by atoms with Gasteiger partial charge in [0.15, 0.2) is 0 Å². The van der Waals surface area contributed by atoms with Crippen LogP contribution in [0.1, 0.15) is 43.4 Å². The van der Waals surface area contributed by atoms with Crippen molar-refractivity contribution in [1.82, 2.24) is 0 Å². The maximum Gasteiger partial charge on any atom is 0.0369 e. The molecule has 0 radical (unpaired) electrons. The summed E-state index contributed by atoms with van der Waals surface area (Å²) in [5, 5.41) is 0.829. The summed E-state index contributed by atoms with van der Waals surface area (Å²) in [6, 6.07) is 41.9. The molecule has 1 heteroatoms. The second kappa shape index (κ2) is 9.81. The highest BCUT2D eigenvalue weighted by Gasteiger charge is 2.42. The van der Waals surface area contributed by atoms with Crippen molar-refractivity contribution in [3.05, 3.63) is 149 Å². The van der Waals surface area contributed by atoms with E-state index in [2.05, 4.69) is 141 Å². The topological polar surface area (TPSA) is 0 Å². The lowest BCUT2D eigenvalue weighted by atomic mass is 9.71. The van der Waals surface area contributed by atoms with E-state index in [4.69, 9.17) is 11.6 Å². The molecule has 5 aromatic carbocycles. The molecule has 0 unspecified atom stereocenters. The minimum absolute atomic E-state index is 0.183. The molecular weight excluding hydrogens is 504 g/mol. The fraction of sp³-hybridized carbons (Fsp3) is 0.128. The van der Waals surface area contributed by atoms with E-state index >= 15 is 0 Å². The molecule has 0 spiro atoms. The van der Waals surface area contributed by atoms with Crippen molar-refractivity contribution < 1.29 is 0 Å². The number of halogens is 1. The predicted octanol–water partition coefficient (Wildman–Crippen LogP) is 11.3. The molecule has 194 valence electrons. The Morgan fingerprint density at radius 2 is 1.02 bits per heavy atom. The monoisotopic (exact) mass is 534 g/mol. The minimum Gasteiger partial charge on any atom is -0.0847 e. The Morgan fingerprint density at radius 1 is 0.550 bits per heavy atom. The lowest BCUT2D eigenvalue weighted by Crippen LogP contribution is -2.19. The number of benzene rings is 5. The Bertz CT molecular complexity index is 1790. The molecule has 0 fully saturated rings. The number of allylic oxidation sites excluding steroid dienone is 4. The van der Waals surface area contributed by atoms with Crippen molar-refractivity contribution in [1.29, 1.82) is 0 Å². The Kier molecular flexibility index (Phi) is 6.10. The van der Waals surface area contributed by atoms with Crippen LogP contribution in [0.5, 0.6) is 0 Å². The lowest BCUT2D eigenvalue weighted by Gasteiger charge is -2.32. The van der Waals surface area contributed by atoms with E-state index in [9.17, 15) is 0 Å². The normalized spacial score (nSPS) is 15.2. The number of rotatable bonds is 4. The second-order valence-electron chi connectivity index (χ2n) is 11.3. The maximum absolute atomic E-state index is 6.74. The molecule has 5 aromatic rings. The zero-order valence-electron chi connectivity index (χ0n) is 22.9. The van der Waals surface area contributed by atoms with E-state index in [0.717, 1.165) is 17.9 Å². The van der Waals surface area contributed by atoms with Crippen molar-refractivity contribution >= 4 is 17.2 Å². The molecule has 0 atom stereocenters. The fourth-order valence-corrected chi connectivity index (χ4v) is 7.13. The van der Waals surface area contributed by atoms with Gasteiger partial charge in [0.25, 0.3) is 0 Å². The van der Waals surface area contributed by atoms with Gasteiger partial charge in [-0.15, -0.1) is 0 Å². The zero-order valence-corrected chi connectivity index (χ0v) is 23.7. The van der Waals surface area contributed by atoms with Gasteiger partial charge in [0.1, 0.15) is 0 Å². The highest BCUT2D eigenvalue weighted by atomic mass is 35.5. The van der Waals surface area contributed by atoms with Crippen LogP contribution in [-0.4, -0.2) is 0 Å². The van der Waals surface area contributed by atoms with Crippen LogP contribution in [0.2, 0.25) is 0 Å². The van der Waals surface area contributed by atoms with Crippen LogP contribution in [0, 0.1) is 0 Å². The molecule has 0 heterocycles. The Labute approximate surface area is 242 Å². The van der Waals surface area contributed by atoms with Gasteiger partial charge in [0, 0.05) is 10.4 Å². The largest absolute Gasteiger partial charge is 0.0847 e. The van der Waals surface area contributed by atoms with Gasteiger partial charge in [-0.3, -0.25) is 0 Å². The average molecular weight is 535 g/mol. The van der Waals surface area contributed by atoms with Crippen LogP contribution in [0.25, 0.3) is 50.1 Å². The molecule has 7 rings (SSSR count). The van der Waals surface area contributed by atoms with Crippen molar-refractivity contribution in [2.45, 2.75) is 32.1 Å². The molecular formula is C39H31Cl. The summed E-state index contributed by atoms with van der Waals surface area (Å²) in [5.74, 6) is 0. The summed E-state index contributed by atoms with van der Waals surface area (Å²) in [6.45, 7) is 4.79. The van der Waals surface area contributed by atoms with Gasteiger partial charge in [-0.2, -0.15) is 0 Å². The van der Waals surface area contributed by atoms with E-state index in [-0.39, 0.29) is 5.41 Å². The molecule has 0 N–H and O–H groups in total.